The molecule has 2 aromatic heterocycles. The maximum atomic E-state index is 15.4. The first-order valence-corrected chi connectivity index (χ1v) is 17.4. The number of aliphatic imine (C=N–C) groups is 1. The summed E-state index contributed by atoms with van der Waals surface area (Å²) in [6.45, 7) is 5.82. The molecular weight excluding hydrogens is 695 g/mol. The molecule has 3 aromatic rings. The standard InChI is InChI=1S/C35H42F3N11O4/c1-21(50)49-8-5-29(27(19-49)33(39)44-30-14-26(32(37)38)25(13-28(30)36)23-17-42-45(2)18-23)43-24-3-6-47(7-4-24)31(51)20-46-9-11-48(12-10-46)35-40-15-22(16-41-35)34(52)53/h13-18,24,32,43H,3-12,19-20H2,1-2H3,(H2,39,44)(H,52,53). The van der Waals surface area contributed by atoms with E-state index in [0.29, 0.717) is 82.2 Å². The van der Waals surface area contributed by atoms with Crippen molar-refractivity contribution >= 4 is 35.3 Å². The van der Waals surface area contributed by atoms with Crippen LogP contribution >= 0.6 is 0 Å². The number of amides is 2. The zero-order chi connectivity index (χ0) is 37.8. The van der Waals surface area contributed by atoms with Gasteiger partial charge in [-0.3, -0.25) is 19.2 Å². The molecule has 6 rings (SSSR count). The maximum absolute atomic E-state index is 15.4. The number of piperidine rings is 1. The number of amidine groups is 1. The number of carboxylic acids is 1. The van der Waals surface area contributed by atoms with Crippen molar-refractivity contribution in [3.05, 3.63) is 65.1 Å². The van der Waals surface area contributed by atoms with Gasteiger partial charge in [0, 0.05) is 113 Å². The van der Waals surface area contributed by atoms with E-state index in [2.05, 4.69) is 30.3 Å². The number of halogens is 3. The van der Waals surface area contributed by atoms with Crippen molar-refractivity contribution in [3.63, 3.8) is 0 Å². The van der Waals surface area contributed by atoms with E-state index in [4.69, 9.17) is 10.8 Å². The number of anilines is 1. The fraction of sp³-hybridized carbons (Fsp3) is 0.457. The van der Waals surface area contributed by atoms with Gasteiger partial charge in [0.25, 0.3) is 6.43 Å². The molecule has 0 saturated carbocycles. The lowest BCUT2D eigenvalue weighted by Crippen LogP contribution is -2.52. The average Bonchev–Trinajstić information content (AvgIpc) is 3.58. The molecule has 18 heteroatoms. The molecule has 5 heterocycles. The van der Waals surface area contributed by atoms with Crippen LogP contribution in [0.25, 0.3) is 11.1 Å². The van der Waals surface area contributed by atoms with Crippen LogP contribution in [0.5, 0.6) is 0 Å². The van der Waals surface area contributed by atoms with Crippen molar-refractivity contribution < 1.29 is 32.7 Å². The molecule has 0 unspecified atom stereocenters. The quantitative estimate of drug-likeness (QED) is 0.206. The Morgan fingerprint density at radius 1 is 1.02 bits per heavy atom. The second-order valence-corrected chi connectivity index (χ2v) is 13.4. The first-order valence-electron chi connectivity index (χ1n) is 17.4. The van der Waals surface area contributed by atoms with E-state index < -0.39 is 23.8 Å². The molecule has 0 radical (unpaired) electrons. The van der Waals surface area contributed by atoms with Crippen molar-refractivity contribution in [1.82, 2.24) is 39.8 Å². The SMILES string of the molecule is CC(=O)N1CCC(NC2CCN(C(=O)CN3CCN(c4ncc(C(=O)O)cn4)CC3)CC2)=C(C(N)=Nc2cc(C(F)F)c(-c3cnn(C)c3)cc2F)C1. The van der Waals surface area contributed by atoms with E-state index in [-0.39, 0.29) is 53.6 Å². The number of aromatic carboxylic acids is 1. The third-order valence-electron chi connectivity index (χ3n) is 9.84. The van der Waals surface area contributed by atoms with Gasteiger partial charge in [-0.2, -0.15) is 5.10 Å². The molecule has 0 spiro atoms. The molecule has 282 valence electrons. The first-order chi connectivity index (χ1) is 25.4. The number of alkyl halides is 2. The minimum Gasteiger partial charge on any atom is -0.478 e. The predicted molar refractivity (Wildman–Crippen MR) is 189 cm³/mol. The number of piperazine rings is 1. The number of carbonyl (C=O) groups is 3. The van der Waals surface area contributed by atoms with Gasteiger partial charge in [-0.25, -0.2) is 32.9 Å². The number of nitrogens with zero attached hydrogens (tertiary/aromatic N) is 9. The van der Waals surface area contributed by atoms with E-state index in [1.807, 2.05) is 9.80 Å². The number of likely N-dealkylation sites (tertiary alicyclic amines) is 1. The number of aryl methyl sites for hydroxylation is 1. The topological polar surface area (TPSA) is 178 Å². The number of hydrogen-bond acceptors (Lipinski definition) is 10. The summed E-state index contributed by atoms with van der Waals surface area (Å²) >= 11 is 0. The minimum atomic E-state index is -2.91. The van der Waals surface area contributed by atoms with Gasteiger partial charge < -0.3 is 30.9 Å². The van der Waals surface area contributed by atoms with Crippen molar-refractivity contribution in [2.75, 3.05) is 63.8 Å². The average molecular weight is 738 g/mol. The van der Waals surface area contributed by atoms with Gasteiger partial charge in [-0.1, -0.05) is 0 Å². The van der Waals surface area contributed by atoms with Gasteiger partial charge in [0.2, 0.25) is 17.8 Å². The lowest BCUT2D eigenvalue weighted by atomic mass is 9.99. The van der Waals surface area contributed by atoms with Gasteiger partial charge in [0.1, 0.15) is 17.3 Å². The second-order valence-electron chi connectivity index (χ2n) is 13.4. The molecule has 1 aromatic carbocycles. The third kappa shape index (κ3) is 8.76. The number of carboxylic acid groups (broad SMARTS) is 1. The zero-order valence-corrected chi connectivity index (χ0v) is 29.5. The second kappa shape index (κ2) is 16.0. The molecule has 15 nitrogen and oxygen atoms in total. The van der Waals surface area contributed by atoms with Crippen LogP contribution in [0.4, 0.5) is 24.8 Å². The van der Waals surface area contributed by atoms with Crippen molar-refractivity contribution in [1.29, 1.82) is 0 Å². The molecule has 2 amide bonds. The number of nitrogens with one attached hydrogen (secondary N) is 1. The summed E-state index contributed by atoms with van der Waals surface area (Å²) in [5, 5.41) is 16.6. The molecule has 2 saturated heterocycles. The Labute approximate surface area is 304 Å². The Morgan fingerprint density at radius 2 is 1.72 bits per heavy atom. The van der Waals surface area contributed by atoms with Crippen molar-refractivity contribution in [2.45, 2.75) is 38.7 Å². The van der Waals surface area contributed by atoms with Crippen LogP contribution in [-0.2, 0) is 16.6 Å². The molecule has 0 aliphatic carbocycles. The normalized spacial score (nSPS) is 17.8. The van der Waals surface area contributed by atoms with Crippen LogP contribution in [-0.4, -0.2) is 128 Å². The fourth-order valence-electron chi connectivity index (χ4n) is 6.79. The van der Waals surface area contributed by atoms with Crippen molar-refractivity contribution in [3.8, 4) is 11.1 Å². The summed E-state index contributed by atoms with van der Waals surface area (Å²) in [7, 11) is 1.63. The Kier molecular flexibility index (Phi) is 11.3. The summed E-state index contributed by atoms with van der Waals surface area (Å²) < 4.78 is 45.1. The van der Waals surface area contributed by atoms with E-state index >= 15 is 4.39 Å². The maximum Gasteiger partial charge on any atom is 0.338 e. The summed E-state index contributed by atoms with van der Waals surface area (Å²) in [5.41, 5.74) is 7.31. The molecule has 53 heavy (non-hydrogen) atoms. The Morgan fingerprint density at radius 3 is 2.32 bits per heavy atom. The smallest absolute Gasteiger partial charge is 0.338 e. The van der Waals surface area contributed by atoms with Crippen LogP contribution in [0.2, 0.25) is 0 Å². The molecule has 2 fully saturated rings. The highest BCUT2D eigenvalue weighted by molar-refractivity contribution is 6.00. The van der Waals surface area contributed by atoms with Gasteiger partial charge in [0.05, 0.1) is 24.8 Å². The predicted octanol–water partition coefficient (Wildman–Crippen LogP) is 2.55. The van der Waals surface area contributed by atoms with Crippen molar-refractivity contribution in [2.24, 2.45) is 17.8 Å². The monoisotopic (exact) mass is 737 g/mol. The number of carbonyl (C=O) groups excluding carboxylic acids is 2. The van der Waals surface area contributed by atoms with E-state index in [0.717, 1.165) is 17.8 Å². The number of benzene rings is 1. The molecule has 3 aliphatic heterocycles. The molecule has 0 atom stereocenters. The number of aromatic nitrogens is 4. The Bertz CT molecular complexity index is 1900. The summed E-state index contributed by atoms with van der Waals surface area (Å²) in [4.78, 5) is 56.7. The van der Waals surface area contributed by atoms with Crippen LogP contribution in [0.1, 0.15) is 48.5 Å². The summed E-state index contributed by atoms with van der Waals surface area (Å²) in [6.07, 6.45) is 4.33. The van der Waals surface area contributed by atoms with Gasteiger partial charge in [0.15, 0.2) is 0 Å². The lowest BCUT2D eigenvalue weighted by molar-refractivity contribution is -0.133. The number of rotatable bonds is 10. The van der Waals surface area contributed by atoms with E-state index in [1.165, 1.54) is 36.4 Å². The Balaban J connectivity index is 1.08. The lowest BCUT2D eigenvalue weighted by Gasteiger charge is -2.38. The first kappa shape index (κ1) is 37.2. The Hall–Kier alpha value is -5.52. The fourth-order valence-corrected chi connectivity index (χ4v) is 6.79. The molecule has 0 bridgehead atoms. The number of hydrogen-bond donors (Lipinski definition) is 3. The van der Waals surface area contributed by atoms with Crippen LogP contribution in [0.3, 0.4) is 0 Å². The largest absolute Gasteiger partial charge is 0.478 e. The highest BCUT2D eigenvalue weighted by Gasteiger charge is 2.30. The molecule has 4 N–H and O–H groups in total. The number of nitrogens with two attached hydrogens (primary N) is 1. The zero-order valence-electron chi connectivity index (χ0n) is 29.5. The molecular formula is C35H42F3N11O4. The van der Waals surface area contributed by atoms with Crippen LogP contribution in [0.15, 0.2) is 53.2 Å². The highest BCUT2D eigenvalue weighted by Crippen LogP contribution is 2.36. The summed E-state index contributed by atoms with van der Waals surface area (Å²) in [5.74, 6) is -1.67. The van der Waals surface area contributed by atoms with E-state index in [9.17, 15) is 23.2 Å². The van der Waals surface area contributed by atoms with Crippen LogP contribution < -0.4 is 16.0 Å². The minimum absolute atomic E-state index is 0.00211. The summed E-state index contributed by atoms with van der Waals surface area (Å²) in [6, 6.07) is 2.00. The third-order valence-corrected chi connectivity index (χ3v) is 9.84. The van der Waals surface area contributed by atoms with Gasteiger partial charge >= 0.3 is 5.97 Å². The van der Waals surface area contributed by atoms with Crippen LogP contribution in [0, 0.1) is 5.82 Å². The van der Waals surface area contributed by atoms with Gasteiger partial charge in [-0.15, -0.1) is 0 Å². The molecule has 3 aliphatic rings. The van der Waals surface area contributed by atoms with E-state index in [1.54, 1.807) is 11.9 Å². The highest BCUT2D eigenvalue weighted by atomic mass is 19.3. The van der Waals surface area contributed by atoms with Gasteiger partial charge in [-0.05, 0) is 30.5 Å².